The van der Waals surface area contributed by atoms with Crippen molar-refractivity contribution in [2.75, 3.05) is 32.1 Å². The Morgan fingerprint density at radius 2 is 1.87 bits per heavy atom. The van der Waals surface area contributed by atoms with Gasteiger partial charge >= 0.3 is 6.03 Å². The number of methoxy groups -OCH3 is 1. The smallest absolute Gasteiger partial charge is 0.319 e. The normalized spacial score (nSPS) is 17.0. The molecule has 0 radical (unpaired) electrons. The van der Waals surface area contributed by atoms with E-state index in [-0.39, 0.29) is 23.1 Å². The molecule has 3 rings (SSSR count). The van der Waals surface area contributed by atoms with Crippen molar-refractivity contribution in [2.45, 2.75) is 36.8 Å². The van der Waals surface area contributed by atoms with Crippen LogP contribution in [0.2, 0.25) is 0 Å². The first-order valence-electron chi connectivity index (χ1n) is 10.7. The molecule has 2 atom stereocenters. The summed E-state index contributed by atoms with van der Waals surface area (Å²) < 4.78 is 5.19. The lowest BCUT2D eigenvalue weighted by Crippen LogP contribution is -2.46. The van der Waals surface area contributed by atoms with Crippen LogP contribution in [0, 0.1) is 12.8 Å². The van der Waals surface area contributed by atoms with E-state index in [0.29, 0.717) is 13.1 Å². The maximum Gasteiger partial charge on any atom is 0.319 e. The Balaban J connectivity index is 1.45. The van der Waals surface area contributed by atoms with E-state index in [9.17, 15) is 9.59 Å². The zero-order valence-corrected chi connectivity index (χ0v) is 19.2. The van der Waals surface area contributed by atoms with Crippen molar-refractivity contribution >= 4 is 29.4 Å². The highest BCUT2D eigenvalue weighted by Gasteiger charge is 2.27. The van der Waals surface area contributed by atoms with Crippen LogP contribution in [0.1, 0.15) is 25.3 Å². The number of nitrogens with zero attached hydrogens (tertiary/aromatic N) is 1. The summed E-state index contributed by atoms with van der Waals surface area (Å²) in [5.74, 6) is 1.22. The molecule has 2 unspecified atom stereocenters. The van der Waals surface area contributed by atoms with Gasteiger partial charge in [-0.25, -0.2) is 4.79 Å². The summed E-state index contributed by atoms with van der Waals surface area (Å²) in [5, 5.41) is 5.64. The second kappa shape index (κ2) is 11.1. The first-order chi connectivity index (χ1) is 14.9. The van der Waals surface area contributed by atoms with Crippen LogP contribution in [0.4, 0.5) is 10.5 Å². The molecule has 2 aromatic rings. The summed E-state index contributed by atoms with van der Waals surface area (Å²) in [5.41, 5.74) is 1.92. The van der Waals surface area contributed by atoms with Gasteiger partial charge in [-0.1, -0.05) is 17.7 Å². The van der Waals surface area contributed by atoms with E-state index in [1.165, 1.54) is 0 Å². The van der Waals surface area contributed by atoms with Crippen molar-refractivity contribution in [3.8, 4) is 5.75 Å². The Bertz CT molecular complexity index is 871. The molecular formula is C24H31N3O3S. The van der Waals surface area contributed by atoms with E-state index < -0.39 is 0 Å². The van der Waals surface area contributed by atoms with E-state index in [1.807, 2.05) is 67.3 Å². The number of carbonyl (C=O) groups excluding carboxylic acids is 2. The van der Waals surface area contributed by atoms with Gasteiger partial charge in [-0.3, -0.25) is 4.79 Å². The Hall–Kier alpha value is -2.67. The van der Waals surface area contributed by atoms with Crippen molar-refractivity contribution < 1.29 is 14.3 Å². The third-order valence-corrected chi connectivity index (χ3v) is 6.51. The van der Waals surface area contributed by atoms with Crippen molar-refractivity contribution in [1.82, 2.24) is 10.2 Å². The predicted octanol–water partition coefficient (Wildman–Crippen LogP) is 4.54. The molecule has 1 heterocycles. The third-order valence-electron chi connectivity index (χ3n) is 5.41. The number of hydrogen-bond acceptors (Lipinski definition) is 4. The third kappa shape index (κ3) is 6.92. The maximum absolute atomic E-state index is 13.0. The fraction of sp³-hybridized carbons (Fsp3) is 0.417. The van der Waals surface area contributed by atoms with Gasteiger partial charge in [0.25, 0.3) is 0 Å². The molecular weight excluding hydrogens is 410 g/mol. The molecule has 2 aromatic carbocycles. The first-order valence-corrected chi connectivity index (χ1v) is 11.5. The number of nitrogens with one attached hydrogen (secondary N) is 2. The van der Waals surface area contributed by atoms with Gasteiger partial charge in [0, 0.05) is 30.2 Å². The quantitative estimate of drug-likeness (QED) is 0.619. The number of urea groups is 1. The minimum atomic E-state index is -0.212. The second-order valence-electron chi connectivity index (χ2n) is 7.93. The van der Waals surface area contributed by atoms with Gasteiger partial charge in [0.1, 0.15) is 5.75 Å². The molecule has 1 saturated heterocycles. The molecule has 1 fully saturated rings. The highest BCUT2D eigenvalue weighted by atomic mass is 32.2. The van der Waals surface area contributed by atoms with Crippen LogP contribution in [0.15, 0.2) is 53.4 Å². The standard InChI is InChI=1S/C24H31N3O3S/c1-17-6-8-20(9-7-17)26-24(29)25-15-19-5-4-14-27(16-19)23(28)18(2)31-22-12-10-21(30-3)11-13-22/h6-13,18-19H,4-5,14-16H2,1-3H3,(H2,25,26,29). The highest BCUT2D eigenvalue weighted by molar-refractivity contribution is 8.00. The molecule has 0 aromatic heterocycles. The molecule has 2 N–H and O–H groups in total. The number of aryl methyl sites for hydroxylation is 1. The molecule has 1 aliphatic rings. The van der Waals surface area contributed by atoms with Crippen LogP contribution in [-0.4, -0.2) is 48.8 Å². The minimum absolute atomic E-state index is 0.148. The summed E-state index contributed by atoms with van der Waals surface area (Å²) in [7, 11) is 1.64. The highest BCUT2D eigenvalue weighted by Crippen LogP contribution is 2.27. The number of benzene rings is 2. The van der Waals surface area contributed by atoms with Crippen molar-refractivity contribution in [3.63, 3.8) is 0 Å². The largest absolute Gasteiger partial charge is 0.497 e. The average molecular weight is 442 g/mol. The molecule has 7 heteroatoms. The number of rotatable bonds is 7. The number of ether oxygens (including phenoxy) is 1. The fourth-order valence-corrected chi connectivity index (χ4v) is 4.60. The second-order valence-corrected chi connectivity index (χ2v) is 9.34. The molecule has 31 heavy (non-hydrogen) atoms. The van der Waals surface area contributed by atoms with Gasteiger partial charge in [0.2, 0.25) is 5.91 Å². The van der Waals surface area contributed by atoms with E-state index >= 15 is 0 Å². The van der Waals surface area contributed by atoms with Crippen LogP contribution in [0.5, 0.6) is 5.75 Å². The number of hydrogen-bond donors (Lipinski definition) is 2. The zero-order valence-electron chi connectivity index (χ0n) is 18.4. The van der Waals surface area contributed by atoms with Gasteiger partial charge in [-0.2, -0.15) is 0 Å². The summed E-state index contributed by atoms with van der Waals surface area (Å²) in [6, 6.07) is 15.3. The SMILES string of the molecule is COc1ccc(SC(C)C(=O)N2CCCC(CNC(=O)Nc3ccc(C)cc3)C2)cc1. The molecule has 0 spiro atoms. The maximum atomic E-state index is 13.0. The lowest BCUT2D eigenvalue weighted by Gasteiger charge is -2.34. The van der Waals surface area contributed by atoms with Gasteiger partial charge in [0.05, 0.1) is 12.4 Å². The number of anilines is 1. The summed E-state index contributed by atoms with van der Waals surface area (Å²) in [6.07, 6.45) is 1.96. The lowest BCUT2D eigenvalue weighted by molar-refractivity contribution is -0.132. The zero-order chi connectivity index (χ0) is 22.2. The van der Waals surface area contributed by atoms with Gasteiger partial charge < -0.3 is 20.3 Å². The van der Waals surface area contributed by atoms with Gasteiger partial charge in [-0.05, 0) is 69.0 Å². The predicted molar refractivity (Wildman–Crippen MR) is 126 cm³/mol. The van der Waals surface area contributed by atoms with Crippen LogP contribution < -0.4 is 15.4 Å². The minimum Gasteiger partial charge on any atom is -0.497 e. The fourth-order valence-electron chi connectivity index (χ4n) is 3.65. The van der Waals surface area contributed by atoms with Crippen LogP contribution in [0.3, 0.4) is 0 Å². The molecule has 0 saturated carbocycles. The van der Waals surface area contributed by atoms with Crippen molar-refractivity contribution in [2.24, 2.45) is 5.92 Å². The molecule has 166 valence electrons. The topological polar surface area (TPSA) is 70.7 Å². The molecule has 3 amide bonds. The summed E-state index contributed by atoms with van der Waals surface area (Å²) in [4.78, 5) is 28.1. The first kappa shape index (κ1) is 23.0. The number of amides is 3. The average Bonchev–Trinajstić information content (AvgIpc) is 2.79. The number of likely N-dealkylation sites (tertiary alicyclic amines) is 1. The van der Waals surface area contributed by atoms with Crippen LogP contribution >= 0.6 is 11.8 Å². The van der Waals surface area contributed by atoms with Crippen LogP contribution in [-0.2, 0) is 4.79 Å². The van der Waals surface area contributed by atoms with Gasteiger partial charge in [-0.15, -0.1) is 11.8 Å². The van der Waals surface area contributed by atoms with Gasteiger partial charge in [0.15, 0.2) is 0 Å². The number of thioether (sulfide) groups is 1. The van der Waals surface area contributed by atoms with Crippen molar-refractivity contribution in [1.29, 1.82) is 0 Å². The Kier molecular flexibility index (Phi) is 8.23. The van der Waals surface area contributed by atoms with E-state index in [1.54, 1.807) is 18.9 Å². The van der Waals surface area contributed by atoms with E-state index in [0.717, 1.165) is 41.3 Å². The van der Waals surface area contributed by atoms with Crippen LogP contribution in [0.25, 0.3) is 0 Å². The summed E-state index contributed by atoms with van der Waals surface area (Å²) in [6.45, 7) is 5.97. The summed E-state index contributed by atoms with van der Waals surface area (Å²) >= 11 is 1.56. The lowest BCUT2D eigenvalue weighted by atomic mass is 9.98. The number of piperidine rings is 1. The monoisotopic (exact) mass is 441 g/mol. The van der Waals surface area contributed by atoms with E-state index in [2.05, 4.69) is 10.6 Å². The van der Waals surface area contributed by atoms with Crippen molar-refractivity contribution in [3.05, 3.63) is 54.1 Å². The molecule has 0 bridgehead atoms. The Labute approximate surface area is 188 Å². The Morgan fingerprint density at radius 1 is 1.16 bits per heavy atom. The van der Waals surface area contributed by atoms with E-state index in [4.69, 9.17) is 4.74 Å². The Morgan fingerprint density at radius 3 is 2.55 bits per heavy atom. The molecule has 1 aliphatic heterocycles. The molecule has 0 aliphatic carbocycles. The molecule has 6 nitrogen and oxygen atoms in total. The number of carbonyl (C=O) groups is 2.